The van der Waals surface area contributed by atoms with Gasteiger partial charge in [-0.25, -0.2) is 4.79 Å². The van der Waals surface area contributed by atoms with Crippen LogP contribution in [0.1, 0.15) is 19.4 Å². The van der Waals surface area contributed by atoms with E-state index in [0.717, 1.165) is 16.3 Å². The van der Waals surface area contributed by atoms with Crippen molar-refractivity contribution in [2.75, 3.05) is 13.2 Å². The van der Waals surface area contributed by atoms with E-state index in [1.165, 1.54) is 0 Å². The van der Waals surface area contributed by atoms with Crippen molar-refractivity contribution in [3.05, 3.63) is 48.0 Å². The van der Waals surface area contributed by atoms with Gasteiger partial charge in [0.05, 0.1) is 6.42 Å². The standard InChI is InChI=1S/C19H22N2O4/c1-13(2)11-20-19(24)21-17(22)12-25-18(23)10-15-8-5-7-14-6-3-4-9-16(14)15/h3-9,13H,10-12H2,1-2H3,(H2,20,21,22,24). The van der Waals surface area contributed by atoms with Crippen molar-refractivity contribution in [3.63, 3.8) is 0 Å². The zero-order valence-electron chi connectivity index (χ0n) is 14.4. The molecular weight excluding hydrogens is 320 g/mol. The molecule has 0 saturated carbocycles. The molecule has 0 aliphatic carbocycles. The van der Waals surface area contributed by atoms with Gasteiger partial charge in [-0.15, -0.1) is 0 Å². The van der Waals surface area contributed by atoms with Crippen LogP contribution in [0.5, 0.6) is 0 Å². The van der Waals surface area contributed by atoms with Crippen LogP contribution < -0.4 is 10.6 Å². The highest BCUT2D eigenvalue weighted by atomic mass is 16.5. The highest BCUT2D eigenvalue weighted by molar-refractivity contribution is 5.95. The quantitative estimate of drug-likeness (QED) is 0.790. The lowest BCUT2D eigenvalue weighted by Crippen LogP contribution is -2.42. The highest BCUT2D eigenvalue weighted by Crippen LogP contribution is 2.19. The van der Waals surface area contributed by atoms with E-state index < -0.39 is 24.5 Å². The van der Waals surface area contributed by atoms with E-state index in [2.05, 4.69) is 10.6 Å². The first-order valence-corrected chi connectivity index (χ1v) is 8.15. The third-order valence-corrected chi connectivity index (χ3v) is 3.50. The van der Waals surface area contributed by atoms with Crippen LogP contribution in [-0.2, 0) is 20.7 Å². The van der Waals surface area contributed by atoms with Crippen LogP contribution in [-0.4, -0.2) is 31.1 Å². The Morgan fingerprint density at radius 2 is 1.76 bits per heavy atom. The fourth-order valence-corrected chi connectivity index (χ4v) is 2.30. The van der Waals surface area contributed by atoms with Crippen molar-refractivity contribution in [2.45, 2.75) is 20.3 Å². The molecule has 0 fully saturated rings. The first-order chi connectivity index (χ1) is 12.0. The number of fused-ring (bicyclic) bond motifs is 1. The van der Waals surface area contributed by atoms with Crippen LogP contribution in [0.2, 0.25) is 0 Å². The summed E-state index contributed by atoms with van der Waals surface area (Å²) >= 11 is 0. The van der Waals surface area contributed by atoms with E-state index in [-0.39, 0.29) is 12.3 Å². The molecule has 0 aliphatic rings. The lowest BCUT2D eigenvalue weighted by Gasteiger charge is -2.09. The van der Waals surface area contributed by atoms with Crippen LogP contribution in [0.4, 0.5) is 4.79 Å². The van der Waals surface area contributed by atoms with E-state index >= 15 is 0 Å². The van der Waals surface area contributed by atoms with Gasteiger partial charge >= 0.3 is 12.0 Å². The number of rotatable bonds is 6. The molecule has 2 aromatic rings. The van der Waals surface area contributed by atoms with Gasteiger partial charge < -0.3 is 10.1 Å². The maximum Gasteiger partial charge on any atom is 0.321 e. The third kappa shape index (κ3) is 5.91. The fraction of sp³-hybridized carbons (Fsp3) is 0.316. The molecule has 2 aromatic carbocycles. The highest BCUT2D eigenvalue weighted by Gasteiger charge is 2.12. The summed E-state index contributed by atoms with van der Waals surface area (Å²) in [4.78, 5) is 35.0. The van der Waals surface area contributed by atoms with E-state index in [1.807, 2.05) is 56.3 Å². The monoisotopic (exact) mass is 342 g/mol. The molecule has 2 rings (SSSR count). The van der Waals surface area contributed by atoms with Crippen molar-refractivity contribution < 1.29 is 19.1 Å². The summed E-state index contributed by atoms with van der Waals surface area (Å²) in [5.41, 5.74) is 0.832. The SMILES string of the molecule is CC(C)CNC(=O)NC(=O)COC(=O)Cc1cccc2ccccc12. The number of carbonyl (C=O) groups is 3. The predicted molar refractivity (Wildman–Crippen MR) is 95.0 cm³/mol. The number of carbonyl (C=O) groups excluding carboxylic acids is 3. The molecule has 132 valence electrons. The summed E-state index contributed by atoms with van der Waals surface area (Å²) in [7, 11) is 0. The molecule has 0 bridgehead atoms. The number of imide groups is 1. The van der Waals surface area contributed by atoms with Gasteiger partial charge in [0.15, 0.2) is 6.61 Å². The molecule has 25 heavy (non-hydrogen) atoms. The van der Waals surface area contributed by atoms with E-state index in [0.29, 0.717) is 6.54 Å². The minimum atomic E-state index is -0.660. The molecule has 6 heteroatoms. The molecule has 2 N–H and O–H groups in total. The minimum Gasteiger partial charge on any atom is -0.455 e. The summed E-state index contributed by atoms with van der Waals surface area (Å²) in [5, 5.41) is 6.67. The summed E-state index contributed by atoms with van der Waals surface area (Å²) in [5.74, 6) is -0.902. The van der Waals surface area contributed by atoms with Gasteiger partial charge in [0.1, 0.15) is 0 Å². The Morgan fingerprint density at radius 1 is 1.04 bits per heavy atom. The summed E-state index contributed by atoms with van der Waals surface area (Å²) in [6.07, 6.45) is 0.0637. The second-order valence-electron chi connectivity index (χ2n) is 6.13. The molecule has 0 aliphatic heterocycles. The largest absolute Gasteiger partial charge is 0.455 e. The average Bonchev–Trinajstić information content (AvgIpc) is 2.58. The molecule has 6 nitrogen and oxygen atoms in total. The fourth-order valence-electron chi connectivity index (χ4n) is 2.30. The maximum absolute atomic E-state index is 12.0. The lowest BCUT2D eigenvalue weighted by molar-refractivity contribution is -0.147. The Bertz CT molecular complexity index is 766. The van der Waals surface area contributed by atoms with Gasteiger partial charge in [-0.2, -0.15) is 0 Å². The number of benzene rings is 2. The van der Waals surface area contributed by atoms with Gasteiger partial charge in [0.2, 0.25) is 0 Å². The molecule has 0 aromatic heterocycles. The molecule has 0 spiro atoms. The molecular formula is C19H22N2O4. The van der Waals surface area contributed by atoms with Gasteiger partial charge in [-0.3, -0.25) is 14.9 Å². The molecule has 0 atom stereocenters. The van der Waals surface area contributed by atoms with Crippen molar-refractivity contribution in [3.8, 4) is 0 Å². The second kappa shape index (κ2) is 8.82. The first kappa shape index (κ1) is 18.4. The Labute approximate surface area is 146 Å². The van der Waals surface area contributed by atoms with Crippen LogP contribution in [0.15, 0.2) is 42.5 Å². The number of hydrogen-bond donors (Lipinski definition) is 2. The Kier molecular flexibility index (Phi) is 6.51. The third-order valence-electron chi connectivity index (χ3n) is 3.50. The maximum atomic E-state index is 12.0. The summed E-state index contributed by atoms with van der Waals surface area (Å²) in [6, 6.07) is 12.8. The average molecular weight is 342 g/mol. The smallest absolute Gasteiger partial charge is 0.321 e. The number of ether oxygens (including phenoxy) is 1. The minimum absolute atomic E-state index is 0.0637. The molecule has 3 amide bonds. The molecule has 0 saturated heterocycles. The zero-order valence-corrected chi connectivity index (χ0v) is 14.4. The van der Waals surface area contributed by atoms with Crippen molar-refractivity contribution in [1.29, 1.82) is 0 Å². The van der Waals surface area contributed by atoms with Gasteiger partial charge in [-0.05, 0) is 22.3 Å². The zero-order chi connectivity index (χ0) is 18.2. The number of hydrogen-bond acceptors (Lipinski definition) is 4. The Morgan fingerprint density at radius 3 is 2.52 bits per heavy atom. The van der Waals surface area contributed by atoms with Crippen molar-refractivity contribution in [1.82, 2.24) is 10.6 Å². The lowest BCUT2D eigenvalue weighted by atomic mass is 10.0. The van der Waals surface area contributed by atoms with E-state index in [9.17, 15) is 14.4 Å². The van der Waals surface area contributed by atoms with Gasteiger partial charge in [0, 0.05) is 6.54 Å². The number of amides is 3. The number of esters is 1. The number of nitrogens with one attached hydrogen (secondary N) is 2. The summed E-state index contributed by atoms with van der Waals surface area (Å²) in [6.45, 7) is 3.85. The van der Waals surface area contributed by atoms with Crippen LogP contribution in [0, 0.1) is 5.92 Å². The molecule has 0 unspecified atom stereocenters. The van der Waals surface area contributed by atoms with Crippen LogP contribution in [0.3, 0.4) is 0 Å². The first-order valence-electron chi connectivity index (χ1n) is 8.15. The second-order valence-corrected chi connectivity index (χ2v) is 6.13. The van der Waals surface area contributed by atoms with Crippen LogP contribution in [0.25, 0.3) is 10.8 Å². The van der Waals surface area contributed by atoms with E-state index in [1.54, 1.807) is 0 Å². The van der Waals surface area contributed by atoms with E-state index in [4.69, 9.17) is 4.74 Å². The predicted octanol–water partition coefficient (Wildman–Crippen LogP) is 2.41. The normalized spacial score (nSPS) is 10.5. The Hall–Kier alpha value is -2.89. The number of urea groups is 1. The molecule has 0 radical (unpaired) electrons. The van der Waals surface area contributed by atoms with Crippen molar-refractivity contribution >= 4 is 28.7 Å². The van der Waals surface area contributed by atoms with Crippen LogP contribution >= 0.6 is 0 Å². The van der Waals surface area contributed by atoms with Gasteiger partial charge in [0.25, 0.3) is 5.91 Å². The summed E-state index contributed by atoms with van der Waals surface area (Å²) < 4.78 is 4.95. The van der Waals surface area contributed by atoms with Gasteiger partial charge in [-0.1, -0.05) is 56.3 Å². The molecule has 0 heterocycles. The van der Waals surface area contributed by atoms with Crippen molar-refractivity contribution in [2.24, 2.45) is 5.92 Å². The Balaban J connectivity index is 1.82. The topological polar surface area (TPSA) is 84.5 Å².